The van der Waals surface area contributed by atoms with Crippen LogP contribution in [0.1, 0.15) is 49.0 Å². The van der Waals surface area contributed by atoms with Crippen molar-refractivity contribution in [1.29, 1.82) is 0 Å². The van der Waals surface area contributed by atoms with Crippen molar-refractivity contribution in [2.24, 2.45) is 0 Å². The molecule has 4 rings (SSSR count). The van der Waals surface area contributed by atoms with Crippen molar-refractivity contribution in [3.05, 3.63) is 58.2 Å². The highest BCUT2D eigenvalue weighted by molar-refractivity contribution is 5.94. The number of esters is 1. The zero-order chi connectivity index (χ0) is 18.8. The number of carbonyl (C=O) groups is 2. The molecule has 1 aromatic carbocycles. The topological polar surface area (TPSA) is 79.5 Å². The molecule has 1 saturated carbocycles. The van der Waals surface area contributed by atoms with Gasteiger partial charge in [-0.2, -0.15) is 0 Å². The number of hydrogen-bond donors (Lipinski definition) is 1. The summed E-state index contributed by atoms with van der Waals surface area (Å²) >= 11 is 0. The lowest BCUT2D eigenvalue weighted by atomic mass is 10.0. The number of allylic oxidation sites excluding steroid dienone is 2. The number of amides is 1. The molecule has 6 heteroatoms. The second kappa shape index (κ2) is 7.39. The van der Waals surface area contributed by atoms with Gasteiger partial charge in [0.2, 0.25) is 0 Å². The Morgan fingerprint density at radius 3 is 2.74 bits per heavy atom. The van der Waals surface area contributed by atoms with E-state index in [2.05, 4.69) is 11.1 Å². The van der Waals surface area contributed by atoms with Crippen molar-refractivity contribution in [3.63, 3.8) is 0 Å². The van der Waals surface area contributed by atoms with Gasteiger partial charge in [-0.15, -0.1) is 0 Å². The summed E-state index contributed by atoms with van der Waals surface area (Å²) in [5, 5.41) is 1.17. The number of benzene rings is 1. The summed E-state index contributed by atoms with van der Waals surface area (Å²) < 4.78 is 5.22. The normalized spacial score (nSPS) is 16.7. The first-order valence-electron chi connectivity index (χ1n) is 9.44. The molecule has 0 atom stereocenters. The van der Waals surface area contributed by atoms with Gasteiger partial charge in [-0.05, 0) is 56.0 Å². The summed E-state index contributed by atoms with van der Waals surface area (Å²) in [6.45, 7) is -0.318. The molecule has 1 N–H and O–H groups in total. The van der Waals surface area contributed by atoms with Crippen LogP contribution in [0.4, 0.5) is 0 Å². The van der Waals surface area contributed by atoms with Gasteiger partial charge < -0.3 is 14.6 Å². The number of rotatable bonds is 5. The highest BCUT2D eigenvalue weighted by atomic mass is 16.5. The molecule has 2 aliphatic rings. The summed E-state index contributed by atoms with van der Waals surface area (Å²) in [7, 11) is 0. The fourth-order valence-corrected chi connectivity index (χ4v) is 3.57. The largest absolute Gasteiger partial charge is 0.451 e. The van der Waals surface area contributed by atoms with Gasteiger partial charge in [0.25, 0.3) is 11.5 Å². The van der Waals surface area contributed by atoms with Gasteiger partial charge in [-0.25, -0.2) is 4.79 Å². The molecule has 1 heterocycles. The highest BCUT2D eigenvalue weighted by Crippen LogP contribution is 2.33. The summed E-state index contributed by atoms with van der Waals surface area (Å²) in [5.74, 6) is -0.887. The van der Waals surface area contributed by atoms with Crippen molar-refractivity contribution in [2.75, 3.05) is 6.61 Å². The number of aromatic amines is 1. The SMILES string of the molecule is O=C(OCC(=O)N(C1=CCCCC1)C1CC1)c1cc2ccccc2c(=O)[nH]1. The van der Waals surface area contributed by atoms with E-state index in [1.165, 1.54) is 0 Å². The van der Waals surface area contributed by atoms with Crippen LogP contribution in [0.3, 0.4) is 0 Å². The maximum Gasteiger partial charge on any atom is 0.355 e. The Kier molecular flexibility index (Phi) is 4.79. The average molecular weight is 366 g/mol. The molecule has 2 aliphatic carbocycles. The van der Waals surface area contributed by atoms with Crippen molar-refractivity contribution in [1.82, 2.24) is 9.88 Å². The van der Waals surface area contributed by atoms with Crippen LogP contribution >= 0.6 is 0 Å². The Bertz CT molecular complexity index is 972. The van der Waals surface area contributed by atoms with Gasteiger partial charge in [0.05, 0.1) is 0 Å². The first-order chi connectivity index (χ1) is 13.1. The molecular weight excluding hydrogens is 344 g/mol. The number of H-pyrrole nitrogens is 1. The lowest BCUT2D eigenvalue weighted by Crippen LogP contribution is -2.36. The summed E-state index contributed by atoms with van der Waals surface area (Å²) in [4.78, 5) is 41.5. The van der Waals surface area contributed by atoms with E-state index in [9.17, 15) is 14.4 Å². The van der Waals surface area contributed by atoms with E-state index in [0.717, 1.165) is 44.2 Å². The molecule has 27 heavy (non-hydrogen) atoms. The van der Waals surface area contributed by atoms with Crippen molar-refractivity contribution < 1.29 is 14.3 Å². The van der Waals surface area contributed by atoms with Gasteiger partial charge in [-0.3, -0.25) is 9.59 Å². The molecule has 0 unspecified atom stereocenters. The lowest BCUT2D eigenvalue weighted by molar-refractivity contribution is -0.133. The van der Waals surface area contributed by atoms with Crippen molar-refractivity contribution in [2.45, 2.75) is 44.6 Å². The summed E-state index contributed by atoms with van der Waals surface area (Å²) in [5.41, 5.74) is 0.767. The second-order valence-corrected chi connectivity index (χ2v) is 7.11. The number of ether oxygens (including phenoxy) is 1. The van der Waals surface area contributed by atoms with Crippen LogP contribution in [0.25, 0.3) is 10.8 Å². The molecule has 2 aromatic rings. The predicted octanol–water partition coefficient (Wildman–Crippen LogP) is 3.13. The summed E-state index contributed by atoms with van der Waals surface area (Å²) in [6.07, 6.45) is 8.24. The van der Waals surface area contributed by atoms with E-state index in [-0.39, 0.29) is 29.8 Å². The highest BCUT2D eigenvalue weighted by Gasteiger charge is 2.35. The molecule has 1 amide bonds. The van der Waals surface area contributed by atoms with Gasteiger partial charge in [-0.1, -0.05) is 24.3 Å². The zero-order valence-electron chi connectivity index (χ0n) is 15.1. The number of nitrogens with one attached hydrogen (secondary N) is 1. The molecule has 1 fully saturated rings. The number of hydrogen-bond acceptors (Lipinski definition) is 4. The standard InChI is InChI=1S/C21H22N2O4/c24-19(23(16-10-11-16)15-7-2-1-3-8-15)13-27-21(26)18-12-14-6-4-5-9-17(14)20(25)22-18/h4-7,9,12,16H,1-3,8,10-11,13H2,(H,22,25). The van der Waals surface area contributed by atoms with E-state index in [0.29, 0.717) is 10.8 Å². The predicted molar refractivity (Wildman–Crippen MR) is 101 cm³/mol. The monoisotopic (exact) mass is 366 g/mol. The van der Waals surface area contributed by atoms with Crippen LogP contribution in [-0.2, 0) is 9.53 Å². The number of carbonyl (C=O) groups excluding carboxylic acids is 2. The first-order valence-corrected chi connectivity index (χ1v) is 9.44. The third-order valence-corrected chi connectivity index (χ3v) is 5.06. The fraction of sp³-hybridized carbons (Fsp3) is 0.381. The number of nitrogens with zero attached hydrogens (tertiary/aromatic N) is 1. The van der Waals surface area contributed by atoms with Crippen LogP contribution in [0, 0.1) is 0 Å². The minimum absolute atomic E-state index is 0.0568. The van der Waals surface area contributed by atoms with Gasteiger partial charge in [0.15, 0.2) is 6.61 Å². The Morgan fingerprint density at radius 1 is 1.19 bits per heavy atom. The van der Waals surface area contributed by atoms with Crippen LogP contribution in [0.15, 0.2) is 46.9 Å². The minimum Gasteiger partial charge on any atom is -0.451 e. The number of aromatic nitrogens is 1. The zero-order valence-corrected chi connectivity index (χ0v) is 15.1. The van der Waals surface area contributed by atoms with E-state index >= 15 is 0 Å². The third-order valence-electron chi connectivity index (χ3n) is 5.06. The van der Waals surface area contributed by atoms with E-state index in [1.807, 2.05) is 4.90 Å². The van der Waals surface area contributed by atoms with E-state index in [1.54, 1.807) is 30.3 Å². The van der Waals surface area contributed by atoms with E-state index < -0.39 is 5.97 Å². The van der Waals surface area contributed by atoms with Crippen molar-refractivity contribution in [3.8, 4) is 0 Å². The molecular formula is C21H22N2O4. The Labute approximate surface area is 156 Å². The minimum atomic E-state index is -0.695. The van der Waals surface area contributed by atoms with Crippen LogP contribution in [0.2, 0.25) is 0 Å². The van der Waals surface area contributed by atoms with Gasteiger partial charge in [0, 0.05) is 17.1 Å². The molecule has 0 spiro atoms. The molecule has 6 nitrogen and oxygen atoms in total. The van der Waals surface area contributed by atoms with E-state index in [4.69, 9.17) is 4.74 Å². The summed E-state index contributed by atoms with van der Waals surface area (Å²) in [6, 6.07) is 8.83. The molecule has 0 aliphatic heterocycles. The van der Waals surface area contributed by atoms with Crippen molar-refractivity contribution >= 4 is 22.6 Å². The van der Waals surface area contributed by atoms with Crippen LogP contribution in [-0.4, -0.2) is 34.4 Å². The maximum absolute atomic E-state index is 12.7. The molecule has 0 bridgehead atoms. The number of fused-ring (bicyclic) bond motifs is 1. The van der Waals surface area contributed by atoms with Gasteiger partial charge in [0.1, 0.15) is 5.69 Å². The quantitative estimate of drug-likeness (QED) is 0.825. The van der Waals surface area contributed by atoms with Crippen LogP contribution < -0.4 is 5.56 Å². The maximum atomic E-state index is 12.7. The smallest absolute Gasteiger partial charge is 0.355 e. The average Bonchev–Trinajstić information content (AvgIpc) is 3.52. The Morgan fingerprint density at radius 2 is 2.00 bits per heavy atom. The molecule has 0 radical (unpaired) electrons. The molecule has 0 saturated heterocycles. The number of pyridine rings is 1. The Balaban J connectivity index is 1.46. The molecule has 1 aromatic heterocycles. The van der Waals surface area contributed by atoms with Crippen LogP contribution in [0.5, 0.6) is 0 Å². The Hall–Kier alpha value is -2.89. The molecule has 140 valence electrons. The second-order valence-electron chi connectivity index (χ2n) is 7.11. The van der Waals surface area contributed by atoms with Gasteiger partial charge >= 0.3 is 5.97 Å². The third kappa shape index (κ3) is 3.79. The lowest BCUT2D eigenvalue weighted by Gasteiger charge is -2.27. The first kappa shape index (κ1) is 17.5. The fourth-order valence-electron chi connectivity index (χ4n) is 3.57.